The Labute approximate surface area is 252 Å². The third kappa shape index (κ3) is 7.00. The summed E-state index contributed by atoms with van der Waals surface area (Å²) < 4.78 is 41.2. The molecule has 0 spiro atoms. The third-order valence-corrected chi connectivity index (χ3v) is 7.67. The summed E-state index contributed by atoms with van der Waals surface area (Å²) in [7, 11) is -2.37. The number of aryl methyl sites for hydroxylation is 1. The number of allylic oxidation sites excluding steroid dienone is 1. The van der Waals surface area contributed by atoms with Crippen LogP contribution in [-0.2, 0) is 16.4 Å². The number of unbranched alkanes of at least 4 members (excludes halogenated alkanes) is 2. The van der Waals surface area contributed by atoms with E-state index in [1.54, 1.807) is 12.1 Å². The van der Waals surface area contributed by atoms with Crippen LogP contribution in [-0.4, -0.2) is 48.0 Å². The Morgan fingerprint density at radius 1 is 1.14 bits per heavy atom. The first-order valence-electron chi connectivity index (χ1n) is 13.1. The van der Waals surface area contributed by atoms with Gasteiger partial charge < -0.3 is 13.8 Å². The Kier molecular flexibility index (Phi) is 8.95. The lowest BCUT2D eigenvalue weighted by molar-refractivity contribution is 0.0978. The van der Waals surface area contributed by atoms with Gasteiger partial charge in [-0.1, -0.05) is 45.7 Å². The van der Waals surface area contributed by atoms with E-state index >= 15 is 0 Å². The van der Waals surface area contributed by atoms with E-state index in [1.165, 1.54) is 25.6 Å². The second-order valence-electron chi connectivity index (χ2n) is 9.84. The van der Waals surface area contributed by atoms with Crippen molar-refractivity contribution >= 4 is 45.2 Å². The molecule has 11 nitrogen and oxygen atoms in total. The van der Waals surface area contributed by atoms with Crippen LogP contribution in [0.2, 0.25) is 10.0 Å². The van der Waals surface area contributed by atoms with Gasteiger partial charge in [0.1, 0.15) is 17.2 Å². The fourth-order valence-electron chi connectivity index (χ4n) is 4.39. The van der Waals surface area contributed by atoms with Gasteiger partial charge in [-0.3, -0.25) is 9.78 Å². The van der Waals surface area contributed by atoms with Gasteiger partial charge in [0.25, 0.3) is 5.91 Å². The molecule has 1 aliphatic carbocycles. The molecule has 5 rings (SSSR count). The first kappa shape index (κ1) is 29.7. The summed E-state index contributed by atoms with van der Waals surface area (Å²) in [5.41, 5.74) is 2.62. The van der Waals surface area contributed by atoms with Crippen LogP contribution in [0.1, 0.15) is 65.6 Å². The Balaban J connectivity index is 1.20. The highest BCUT2D eigenvalue weighted by molar-refractivity contribution is 7.89. The van der Waals surface area contributed by atoms with E-state index in [2.05, 4.69) is 26.4 Å². The first-order valence-corrected chi connectivity index (χ1v) is 15.8. The van der Waals surface area contributed by atoms with Gasteiger partial charge in [0.05, 0.1) is 29.0 Å². The lowest BCUT2D eigenvalue weighted by atomic mass is 10.0. The molecule has 1 amide bonds. The molecule has 42 heavy (non-hydrogen) atoms. The van der Waals surface area contributed by atoms with E-state index in [1.807, 2.05) is 10.8 Å². The molecule has 0 aliphatic heterocycles. The number of sulfonamides is 1. The Morgan fingerprint density at radius 2 is 1.90 bits per heavy atom. The zero-order chi connectivity index (χ0) is 29.9. The smallest absolute Gasteiger partial charge is 0.268 e. The molecule has 1 N–H and O–H groups in total. The highest BCUT2D eigenvalue weighted by Crippen LogP contribution is 2.46. The molecule has 0 radical (unpaired) electrons. The van der Waals surface area contributed by atoms with Crippen molar-refractivity contribution in [3.63, 3.8) is 0 Å². The van der Waals surface area contributed by atoms with Crippen molar-refractivity contribution in [2.75, 3.05) is 13.4 Å². The van der Waals surface area contributed by atoms with Crippen LogP contribution in [0, 0.1) is 0 Å². The molecule has 3 aromatic heterocycles. The summed E-state index contributed by atoms with van der Waals surface area (Å²) in [6.07, 6.45) is 13.2. The minimum absolute atomic E-state index is 0.0351. The van der Waals surface area contributed by atoms with E-state index in [4.69, 9.17) is 37.0 Å². The van der Waals surface area contributed by atoms with Gasteiger partial charge in [0.2, 0.25) is 21.7 Å². The Morgan fingerprint density at radius 3 is 2.60 bits per heavy atom. The van der Waals surface area contributed by atoms with Crippen molar-refractivity contribution in [3.05, 3.63) is 69.5 Å². The SMILES string of the molecule is COc1ccc(-c2noc(CCCC/C=C/c3c(-c4c(Cl)cncc4Cl)noc3C3CC3)n2)cc1C(=O)NS(C)(=O)=O. The number of aromatic nitrogens is 4. The molecule has 0 unspecified atom stereocenters. The van der Waals surface area contributed by atoms with Gasteiger partial charge in [0.15, 0.2) is 0 Å². The van der Waals surface area contributed by atoms with E-state index in [9.17, 15) is 13.2 Å². The lowest BCUT2D eigenvalue weighted by Gasteiger charge is -2.09. The van der Waals surface area contributed by atoms with Gasteiger partial charge in [0, 0.05) is 41.4 Å². The molecule has 14 heteroatoms. The van der Waals surface area contributed by atoms with Gasteiger partial charge in [-0.2, -0.15) is 4.98 Å². The largest absolute Gasteiger partial charge is 0.496 e. The van der Waals surface area contributed by atoms with Crippen LogP contribution in [0.4, 0.5) is 0 Å². The number of ether oxygens (including phenoxy) is 1. The number of methoxy groups -OCH3 is 1. The first-order chi connectivity index (χ1) is 20.1. The maximum absolute atomic E-state index is 12.4. The number of hydrogen-bond donors (Lipinski definition) is 1. The predicted octanol–water partition coefficient (Wildman–Crippen LogP) is 6.10. The van der Waals surface area contributed by atoms with Crippen molar-refractivity contribution in [2.24, 2.45) is 0 Å². The molecule has 220 valence electrons. The summed E-state index contributed by atoms with van der Waals surface area (Å²) in [4.78, 5) is 20.9. The molecular formula is C28H27Cl2N5O6S. The molecule has 1 aliphatic rings. The predicted molar refractivity (Wildman–Crippen MR) is 157 cm³/mol. The third-order valence-electron chi connectivity index (χ3n) is 6.54. The molecule has 0 saturated heterocycles. The minimum Gasteiger partial charge on any atom is -0.496 e. The second-order valence-corrected chi connectivity index (χ2v) is 12.4. The van der Waals surface area contributed by atoms with Crippen LogP contribution in [0.3, 0.4) is 0 Å². The molecule has 0 atom stereocenters. The van der Waals surface area contributed by atoms with Crippen LogP contribution in [0.5, 0.6) is 5.75 Å². The highest BCUT2D eigenvalue weighted by Gasteiger charge is 2.32. The number of halogens is 2. The fourth-order valence-corrected chi connectivity index (χ4v) is 5.38. The molecular weight excluding hydrogens is 605 g/mol. The maximum Gasteiger partial charge on any atom is 0.268 e. The number of pyridine rings is 1. The lowest BCUT2D eigenvalue weighted by Crippen LogP contribution is -2.29. The zero-order valence-electron chi connectivity index (χ0n) is 22.8. The Hall–Kier alpha value is -3.74. The standard InChI is InChI=1S/C28H27Cl2N5O6S/c1-39-22-12-11-17(13-19(22)28(36)35-42(2,37)38)27-32-23(40-34-27)8-6-4-3-5-7-18-25(33-41-26(18)16-9-10-16)24-20(29)14-31-15-21(24)30/h5,7,11-16H,3-4,6,8-10H2,1-2H3,(H,35,36)/b7-5+. The van der Waals surface area contributed by atoms with Crippen LogP contribution in [0.25, 0.3) is 28.7 Å². The summed E-state index contributed by atoms with van der Waals surface area (Å²) in [5.74, 6) is 1.33. The number of benzene rings is 1. The number of rotatable bonds is 12. The van der Waals surface area contributed by atoms with Crippen LogP contribution in [0.15, 0.2) is 45.7 Å². The average Bonchev–Trinajstić information content (AvgIpc) is 3.53. The number of hydrogen-bond acceptors (Lipinski definition) is 10. The number of carbonyl (C=O) groups is 1. The van der Waals surface area contributed by atoms with Crippen molar-refractivity contribution in [1.29, 1.82) is 0 Å². The molecule has 1 fully saturated rings. The molecule has 1 aromatic carbocycles. The normalized spacial score (nSPS) is 13.5. The van der Waals surface area contributed by atoms with E-state index in [0.29, 0.717) is 45.1 Å². The number of nitrogens with zero attached hydrogens (tertiary/aromatic N) is 4. The van der Waals surface area contributed by atoms with Gasteiger partial charge >= 0.3 is 0 Å². The Bertz CT molecular complexity index is 1730. The number of amides is 1. The summed E-state index contributed by atoms with van der Waals surface area (Å²) in [5, 5.41) is 9.13. The average molecular weight is 633 g/mol. The maximum atomic E-state index is 12.4. The summed E-state index contributed by atoms with van der Waals surface area (Å²) >= 11 is 12.8. The van der Waals surface area contributed by atoms with Gasteiger partial charge in [-0.25, -0.2) is 13.1 Å². The van der Waals surface area contributed by atoms with Crippen LogP contribution >= 0.6 is 23.2 Å². The van der Waals surface area contributed by atoms with E-state index in [-0.39, 0.29) is 17.1 Å². The zero-order valence-corrected chi connectivity index (χ0v) is 25.1. The van der Waals surface area contributed by atoms with Crippen molar-refractivity contribution in [2.45, 2.75) is 44.4 Å². The van der Waals surface area contributed by atoms with E-state index in [0.717, 1.165) is 49.7 Å². The molecule has 0 bridgehead atoms. The molecule has 3 heterocycles. The molecule has 1 saturated carbocycles. The molecule has 4 aromatic rings. The van der Waals surface area contributed by atoms with Crippen molar-refractivity contribution in [1.82, 2.24) is 25.0 Å². The second kappa shape index (κ2) is 12.6. The van der Waals surface area contributed by atoms with Gasteiger partial charge in [-0.15, -0.1) is 0 Å². The highest BCUT2D eigenvalue weighted by atomic mass is 35.5. The number of carbonyl (C=O) groups excluding carboxylic acids is 1. The van der Waals surface area contributed by atoms with Crippen molar-refractivity contribution in [3.8, 4) is 28.4 Å². The number of nitrogens with one attached hydrogen (secondary N) is 1. The van der Waals surface area contributed by atoms with Crippen molar-refractivity contribution < 1.29 is 27.0 Å². The van der Waals surface area contributed by atoms with Gasteiger partial charge in [-0.05, 0) is 50.3 Å². The fraction of sp³-hybridized carbons (Fsp3) is 0.321. The summed E-state index contributed by atoms with van der Waals surface area (Å²) in [6.45, 7) is 0. The quantitative estimate of drug-likeness (QED) is 0.182. The van der Waals surface area contributed by atoms with Crippen LogP contribution < -0.4 is 9.46 Å². The summed E-state index contributed by atoms with van der Waals surface area (Å²) in [6, 6.07) is 4.66. The van der Waals surface area contributed by atoms with E-state index < -0.39 is 15.9 Å². The monoisotopic (exact) mass is 631 g/mol. The minimum atomic E-state index is -3.75. The topological polar surface area (TPSA) is 150 Å².